The van der Waals surface area contributed by atoms with Crippen molar-refractivity contribution in [3.05, 3.63) is 0 Å². The predicted octanol–water partition coefficient (Wildman–Crippen LogP) is 2.11. The number of thioether (sulfide) groups is 1. The molecule has 2 heterocycles. The summed E-state index contributed by atoms with van der Waals surface area (Å²) in [6.07, 6.45) is 9.16. The monoisotopic (exact) mass is 422 g/mol. The van der Waals surface area contributed by atoms with Gasteiger partial charge < -0.3 is 10.6 Å². The van der Waals surface area contributed by atoms with Gasteiger partial charge in [-0.3, -0.25) is 19.4 Å². The molecule has 0 aromatic carbocycles. The van der Waals surface area contributed by atoms with Gasteiger partial charge in [0, 0.05) is 49.6 Å². The normalized spacial score (nSPS) is 26.3. The van der Waals surface area contributed by atoms with Gasteiger partial charge in [0.15, 0.2) is 0 Å². The molecule has 0 unspecified atom stereocenters. The van der Waals surface area contributed by atoms with Gasteiger partial charge in [-0.1, -0.05) is 25.7 Å². The molecule has 2 saturated heterocycles. The first-order valence-electron chi connectivity index (χ1n) is 11.3. The van der Waals surface area contributed by atoms with Crippen molar-refractivity contribution in [2.75, 3.05) is 37.7 Å². The van der Waals surface area contributed by atoms with Crippen LogP contribution in [0.15, 0.2) is 0 Å². The number of nitrogens with one attached hydrogen (secondary N) is 2. The van der Waals surface area contributed by atoms with Crippen molar-refractivity contribution < 1.29 is 14.4 Å². The molecule has 0 radical (unpaired) electrons. The van der Waals surface area contributed by atoms with Gasteiger partial charge in [0.05, 0.1) is 0 Å². The average molecular weight is 423 g/mol. The molecule has 4 fully saturated rings. The van der Waals surface area contributed by atoms with Crippen LogP contribution in [-0.2, 0) is 9.59 Å². The van der Waals surface area contributed by atoms with E-state index < -0.39 is 5.54 Å². The topological polar surface area (TPSA) is 81.8 Å². The van der Waals surface area contributed by atoms with Crippen molar-refractivity contribution in [2.24, 2.45) is 0 Å². The summed E-state index contributed by atoms with van der Waals surface area (Å²) in [6, 6.07) is -0.287. The summed E-state index contributed by atoms with van der Waals surface area (Å²) in [6.45, 7) is 3.29. The maximum Gasteiger partial charge on any atom is 0.325 e. The highest BCUT2D eigenvalue weighted by Crippen LogP contribution is 2.37. The van der Waals surface area contributed by atoms with Crippen LogP contribution in [0.25, 0.3) is 0 Å². The molecule has 2 aliphatic heterocycles. The maximum absolute atomic E-state index is 12.7. The van der Waals surface area contributed by atoms with Gasteiger partial charge >= 0.3 is 6.03 Å². The summed E-state index contributed by atoms with van der Waals surface area (Å²) in [4.78, 5) is 41.3. The Bertz CT molecular complexity index is 638. The summed E-state index contributed by atoms with van der Waals surface area (Å²) in [5, 5.41) is 6.07. The van der Waals surface area contributed by atoms with E-state index in [4.69, 9.17) is 0 Å². The summed E-state index contributed by atoms with van der Waals surface area (Å²) in [5.74, 6) is 2.31. The van der Waals surface area contributed by atoms with E-state index in [9.17, 15) is 14.4 Å². The van der Waals surface area contributed by atoms with Crippen LogP contribution in [0, 0.1) is 0 Å². The van der Waals surface area contributed by atoms with E-state index in [0.717, 1.165) is 45.3 Å². The van der Waals surface area contributed by atoms with Crippen molar-refractivity contribution in [1.82, 2.24) is 20.4 Å². The fourth-order valence-electron chi connectivity index (χ4n) is 5.62. The Labute approximate surface area is 177 Å². The first kappa shape index (κ1) is 21.0. The Morgan fingerprint density at radius 2 is 1.69 bits per heavy atom. The molecule has 29 heavy (non-hydrogen) atoms. The highest BCUT2D eigenvalue weighted by molar-refractivity contribution is 7.99. The molecule has 4 aliphatic rings. The second-order valence-electron chi connectivity index (χ2n) is 9.09. The zero-order chi connectivity index (χ0) is 20.3. The SMILES string of the molecule is O=C(CCCN1C(=O)NC2(CCCC2)C1=O)NCC1(N2CCSCC2)CCCC1. The Balaban J connectivity index is 1.23. The van der Waals surface area contributed by atoms with Crippen molar-refractivity contribution in [1.29, 1.82) is 0 Å². The van der Waals surface area contributed by atoms with Gasteiger partial charge in [0.2, 0.25) is 5.91 Å². The third-order valence-corrected chi connectivity index (χ3v) is 8.26. The summed E-state index contributed by atoms with van der Waals surface area (Å²) >= 11 is 2.02. The first-order chi connectivity index (χ1) is 14.0. The number of nitrogens with zero attached hydrogens (tertiary/aromatic N) is 2. The van der Waals surface area contributed by atoms with Crippen LogP contribution in [-0.4, -0.2) is 76.4 Å². The summed E-state index contributed by atoms with van der Waals surface area (Å²) < 4.78 is 0. The third kappa shape index (κ3) is 4.29. The molecular formula is C21H34N4O3S. The zero-order valence-corrected chi connectivity index (χ0v) is 18.2. The van der Waals surface area contributed by atoms with Gasteiger partial charge in [-0.2, -0.15) is 11.8 Å². The molecule has 7 nitrogen and oxygen atoms in total. The number of imide groups is 1. The Kier molecular flexibility index (Phi) is 6.39. The molecular weight excluding hydrogens is 388 g/mol. The number of hydrogen-bond acceptors (Lipinski definition) is 5. The molecule has 8 heteroatoms. The number of urea groups is 1. The van der Waals surface area contributed by atoms with Gasteiger partial charge in [0.1, 0.15) is 5.54 Å². The van der Waals surface area contributed by atoms with Crippen molar-refractivity contribution >= 4 is 29.6 Å². The zero-order valence-electron chi connectivity index (χ0n) is 17.3. The second kappa shape index (κ2) is 8.84. The molecule has 2 saturated carbocycles. The number of carbonyl (C=O) groups excluding carboxylic acids is 3. The van der Waals surface area contributed by atoms with E-state index >= 15 is 0 Å². The van der Waals surface area contributed by atoms with Gasteiger partial charge in [-0.25, -0.2) is 4.79 Å². The lowest BCUT2D eigenvalue weighted by molar-refractivity contribution is -0.131. The van der Waals surface area contributed by atoms with Crippen LogP contribution in [0.3, 0.4) is 0 Å². The maximum atomic E-state index is 12.7. The van der Waals surface area contributed by atoms with E-state index in [1.807, 2.05) is 11.8 Å². The van der Waals surface area contributed by atoms with Crippen LogP contribution in [0.4, 0.5) is 4.79 Å². The van der Waals surface area contributed by atoms with E-state index in [2.05, 4.69) is 15.5 Å². The fourth-order valence-corrected chi connectivity index (χ4v) is 6.52. The molecule has 4 rings (SSSR count). The predicted molar refractivity (Wildman–Crippen MR) is 114 cm³/mol. The lowest BCUT2D eigenvalue weighted by Crippen LogP contribution is -2.56. The minimum Gasteiger partial charge on any atom is -0.354 e. The smallest absolute Gasteiger partial charge is 0.325 e. The number of carbonyl (C=O) groups is 3. The largest absolute Gasteiger partial charge is 0.354 e. The van der Waals surface area contributed by atoms with Gasteiger partial charge in [-0.05, 0) is 32.1 Å². The standard InChI is InChI=1S/C21H34N4O3S/c26-17(22-16-20(7-1-2-8-20)24-12-14-29-15-13-24)6-5-11-25-18(27)21(23-19(25)28)9-3-4-10-21/h1-16H2,(H,22,26)(H,23,28). The van der Waals surface area contributed by atoms with E-state index in [-0.39, 0.29) is 23.4 Å². The minimum atomic E-state index is -0.652. The second-order valence-corrected chi connectivity index (χ2v) is 10.3. The van der Waals surface area contributed by atoms with Crippen molar-refractivity contribution in [3.8, 4) is 0 Å². The van der Waals surface area contributed by atoms with Crippen LogP contribution in [0.1, 0.15) is 64.2 Å². The highest BCUT2D eigenvalue weighted by atomic mass is 32.2. The minimum absolute atomic E-state index is 0.0327. The average Bonchev–Trinajstić information content (AvgIpc) is 3.45. The Morgan fingerprint density at radius 3 is 2.38 bits per heavy atom. The van der Waals surface area contributed by atoms with E-state index in [1.165, 1.54) is 42.1 Å². The molecule has 0 aromatic rings. The molecule has 0 bridgehead atoms. The lowest BCUT2D eigenvalue weighted by Gasteiger charge is -2.43. The Morgan fingerprint density at radius 1 is 1.03 bits per heavy atom. The van der Waals surface area contributed by atoms with Gasteiger partial charge in [-0.15, -0.1) is 0 Å². The molecule has 2 aliphatic carbocycles. The summed E-state index contributed by atoms with van der Waals surface area (Å²) in [5.41, 5.74) is -0.517. The first-order valence-corrected chi connectivity index (χ1v) is 12.4. The molecule has 162 valence electrons. The van der Waals surface area contributed by atoms with E-state index in [0.29, 0.717) is 19.4 Å². The van der Waals surface area contributed by atoms with Crippen LogP contribution >= 0.6 is 11.8 Å². The van der Waals surface area contributed by atoms with Crippen LogP contribution in [0.5, 0.6) is 0 Å². The number of hydrogen-bond donors (Lipinski definition) is 2. The lowest BCUT2D eigenvalue weighted by atomic mass is 9.94. The third-order valence-electron chi connectivity index (χ3n) is 7.32. The summed E-state index contributed by atoms with van der Waals surface area (Å²) in [7, 11) is 0. The highest BCUT2D eigenvalue weighted by Gasteiger charge is 2.52. The van der Waals surface area contributed by atoms with E-state index in [1.54, 1.807) is 0 Å². The van der Waals surface area contributed by atoms with Crippen molar-refractivity contribution in [3.63, 3.8) is 0 Å². The quantitative estimate of drug-likeness (QED) is 0.614. The van der Waals surface area contributed by atoms with Crippen molar-refractivity contribution in [2.45, 2.75) is 75.3 Å². The van der Waals surface area contributed by atoms with Crippen LogP contribution in [0.2, 0.25) is 0 Å². The number of rotatable bonds is 7. The molecule has 1 spiro atoms. The molecule has 4 amide bonds. The number of amides is 4. The van der Waals surface area contributed by atoms with Crippen LogP contribution < -0.4 is 10.6 Å². The molecule has 0 atom stereocenters. The molecule has 2 N–H and O–H groups in total. The molecule has 0 aromatic heterocycles. The fraction of sp³-hybridized carbons (Fsp3) is 0.857. The Hall–Kier alpha value is -1.28. The van der Waals surface area contributed by atoms with Gasteiger partial charge in [0.25, 0.3) is 5.91 Å².